The third kappa shape index (κ3) is 3.98. The second-order valence-electron chi connectivity index (χ2n) is 8.51. The molecule has 2 aliphatic rings. The molecule has 2 heteroatoms. The monoisotopic (exact) mass is 280 g/mol. The van der Waals surface area contributed by atoms with Gasteiger partial charge in [-0.1, -0.05) is 40.5 Å². The van der Waals surface area contributed by atoms with Gasteiger partial charge in [0, 0.05) is 12.6 Å². The molecule has 0 aromatic heterocycles. The fourth-order valence-corrected chi connectivity index (χ4v) is 4.57. The lowest BCUT2D eigenvalue weighted by molar-refractivity contribution is 0.0484. The largest absolute Gasteiger partial charge is 0.329 e. The first-order valence-electron chi connectivity index (χ1n) is 8.86. The van der Waals surface area contributed by atoms with Gasteiger partial charge in [0.2, 0.25) is 0 Å². The van der Waals surface area contributed by atoms with Crippen LogP contribution in [-0.4, -0.2) is 30.6 Å². The zero-order valence-corrected chi connectivity index (χ0v) is 14.2. The van der Waals surface area contributed by atoms with Crippen LogP contribution in [0, 0.1) is 23.2 Å². The summed E-state index contributed by atoms with van der Waals surface area (Å²) in [5.41, 5.74) is 6.63. The lowest BCUT2D eigenvalue weighted by Gasteiger charge is -2.45. The summed E-state index contributed by atoms with van der Waals surface area (Å²) in [6.07, 6.45) is 8.39. The first-order chi connectivity index (χ1) is 9.41. The Balaban J connectivity index is 1.90. The lowest BCUT2D eigenvalue weighted by Crippen LogP contribution is -2.50. The third-order valence-electron chi connectivity index (χ3n) is 5.99. The Hall–Kier alpha value is -0.0800. The number of piperidine rings is 1. The van der Waals surface area contributed by atoms with Crippen LogP contribution in [0.5, 0.6) is 0 Å². The average Bonchev–Trinajstić information content (AvgIpc) is 2.39. The molecule has 2 fully saturated rings. The van der Waals surface area contributed by atoms with Gasteiger partial charge in [-0.15, -0.1) is 0 Å². The minimum atomic E-state index is 0.476. The Morgan fingerprint density at radius 1 is 1.10 bits per heavy atom. The molecule has 2 nitrogen and oxygen atoms in total. The number of rotatable bonds is 3. The molecule has 1 heterocycles. The van der Waals surface area contributed by atoms with Gasteiger partial charge in [-0.3, -0.25) is 4.90 Å². The van der Waals surface area contributed by atoms with Crippen LogP contribution < -0.4 is 5.73 Å². The van der Waals surface area contributed by atoms with E-state index in [2.05, 4.69) is 32.6 Å². The van der Waals surface area contributed by atoms with Crippen molar-refractivity contribution in [2.45, 2.75) is 72.3 Å². The van der Waals surface area contributed by atoms with E-state index in [-0.39, 0.29) is 0 Å². The van der Waals surface area contributed by atoms with E-state index in [0.717, 1.165) is 24.3 Å². The van der Waals surface area contributed by atoms with E-state index in [1.54, 1.807) is 0 Å². The highest BCUT2D eigenvalue weighted by molar-refractivity contribution is 4.88. The summed E-state index contributed by atoms with van der Waals surface area (Å²) in [4.78, 5) is 2.73. The third-order valence-corrected chi connectivity index (χ3v) is 5.99. The molecule has 20 heavy (non-hydrogen) atoms. The van der Waals surface area contributed by atoms with Crippen LogP contribution in [0.2, 0.25) is 0 Å². The number of nitrogens with two attached hydrogens (primary N) is 1. The molecule has 0 bridgehead atoms. The SMILES string of the molecule is CC1CCCC(C(CN)N2CCC(C(C)(C)C)CC2)C1. The summed E-state index contributed by atoms with van der Waals surface area (Å²) >= 11 is 0. The van der Waals surface area contributed by atoms with Crippen LogP contribution in [0.3, 0.4) is 0 Å². The molecule has 1 aliphatic heterocycles. The summed E-state index contributed by atoms with van der Waals surface area (Å²) in [6, 6.07) is 0.652. The predicted molar refractivity (Wildman–Crippen MR) is 87.7 cm³/mol. The second-order valence-corrected chi connectivity index (χ2v) is 8.51. The Labute approximate surface area is 126 Å². The van der Waals surface area contributed by atoms with Gasteiger partial charge in [0.15, 0.2) is 0 Å². The molecule has 1 saturated heterocycles. The van der Waals surface area contributed by atoms with Crippen LogP contribution in [0.15, 0.2) is 0 Å². The van der Waals surface area contributed by atoms with Crippen molar-refractivity contribution in [3.63, 3.8) is 0 Å². The summed E-state index contributed by atoms with van der Waals surface area (Å²) in [5, 5.41) is 0. The molecular weight excluding hydrogens is 244 g/mol. The number of likely N-dealkylation sites (tertiary alicyclic amines) is 1. The maximum absolute atomic E-state index is 6.16. The van der Waals surface area contributed by atoms with Gasteiger partial charge < -0.3 is 5.73 Å². The maximum Gasteiger partial charge on any atom is 0.0246 e. The average molecular weight is 280 g/mol. The van der Waals surface area contributed by atoms with Crippen LogP contribution in [-0.2, 0) is 0 Å². The smallest absolute Gasteiger partial charge is 0.0246 e. The molecule has 0 amide bonds. The molecule has 0 aromatic rings. The Morgan fingerprint density at radius 3 is 2.25 bits per heavy atom. The highest BCUT2D eigenvalue weighted by atomic mass is 15.2. The second kappa shape index (κ2) is 6.79. The molecule has 0 radical (unpaired) electrons. The molecule has 1 saturated carbocycles. The molecule has 3 unspecified atom stereocenters. The van der Waals surface area contributed by atoms with Crippen molar-refractivity contribution in [2.75, 3.05) is 19.6 Å². The number of hydrogen-bond donors (Lipinski definition) is 1. The van der Waals surface area contributed by atoms with Gasteiger partial charge >= 0.3 is 0 Å². The molecule has 0 spiro atoms. The Morgan fingerprint density at radius 2 is 1.75 bits per heavy atom. The predicted octanol–water partition coefficient (Wildman–Crippen LogP) is 3.90. The highest BCUT2D eigenvalue weighted by Crippen LogP contribution is 2.37. The first kappa shape index (κ1) is 16.3. The molecular formula is C18H36N2. The summed E-state index contributed by atoms with van der Waals surface area (Å²) < 4.78 is 0. The fourth-order valence-electron chi connectivity index (χ4n) is 4.57. The molecule has 2 N–H and O–H groups in total. The van der Waals surface area contributed by atoms with Crippen molar-refractivity contribution in [1.82, 2.24) is 4.90 Å². The van der Waals surface area contributed by atoms with E-state index in [1.807, 2.05) is 0 Å². The zero-order valence-electron chi connectivity index (χ0n) is 14.2. The topological polar surface area (TPSA) is 29.3 Å². The van der Waals surface area contributed by atoms with Crippen LogP contribution in [0.4, 0.5) is 0 Å². The first-order valence-corrected chi connectivity index (χ1v) is 8.86. The van der Waals surface area contributed by atoms with Crippen molar-refractivity contribution in [3.8, 4) is 0 Å². The van der Waals surface area contributed by atoms with Crippen molar-refractivity contribution < 1.29 is 0 Å². The van der Waals surface area contributed by atoms with Crippen LogP contribution in [0.1, 0.15) is 66.2 Å². The maximum atomic E-state index is 6.16. The minimum Gasteiger partial charge on any atom is -0.329 e. The summed E-state index contributed by atoms with van der Waals surface area (Å²) in [6.45, 7) is 13.0. The van der Waals surface area contributed by atoms with Crippen molar-refractivity contribution in [1.29, 1.82) is 0 Å². The van der Waals surface area contributed by atoms with Gasteiger partial charge in [-0.25, -0.2) is 0 Å². The molecule has 2 rings (SSSR count). The Kier molecular flexibility index (Phi) is 5.53. The molecule has 1 aliphatic carbocycles. The van der Waals surface area contributed by atoms with Gasteiger partial charge in [-0.2, -0.15) is 0 Å². The van der Waals surface area contributed by atoms with E-state index in [9.17, 15) is 0 Å². The Bertz CT molecular complexity index is 286. The zero-order chi connectivity index (χ0) is 14.8. The standard InChI is InChI=1S/C18H36N2/c1-14-6-5-7-15(12-14)17(13-19)20-10-8-16(9-11-20)18(2,3)4/h14-17H,5-13,19H2,1-4H3. The fraction of sp³-hybridized carbons (Fsp3) is 1.00. The number of nitrogens with zero attached hydrogens (tertiary/aromatic N) is 1. The molecule has 118 valence electrons. The van der Waals surface area contributed by atoms with E-state index in [1.165, 1.54) is 51.6 Å². The normalized spacial score (nSPS) is 32.2. The van der Waals surface area contributed by atoms with E-state index >= 15 is 0 Å². The van der Waals surface area contributed by atoms with Crippen LogP contribution >= 0.6 is 0 Å². The molecule has 3 atom stereocenters. The van der Waals surface area contributed by atoms with Crippen molar-refractivity contribution in [2.24, 2.45) is 28.9 Å². The van der Waals surface area contributed by atoms with Crippen LogP contribution in [0.25, 0.3) is 0 Å². The lowest BCUT2D eigenvalue weighted by atomic mass is 9.74. The van der Waals surface area contributed by atoms with E-state index in [4.69, 9.17) is 5.73 Å². The number of hydrogen-bond acceptors (Lipinski definition) is 2. The summed E-state index contributed by atoms with van der Waals surface area (Å²) in [5.74, 6) is 2.66. The highest BCUT2D eigenvalue weighted by Gasteiger charge is 2.34. The van der Waals surface area contributed by atoms with Crippen molar-refractivity contribution in [3.05, 3.63) is 0 Å². The van der Waals surface area contributed by atoms with Gasteiger partial charge in [0.25, 0.3) is 0 Å². The van der Waals surface area contributed by atoms with Gasteiger partial charge in [0.05, 0.1) is 0 Å². The minimum absolute atomic E-state index is 0.476. The van der Waals surface area contributed by atoms with E-state index in [0.29, 0.717) is 11.5 Å². The summed E-state index contributed by atoms with van der Waals surface area (Å²) in [7, 11) is 0. The quantitative estimate of drug-likeness (QED) is 0.849. The molecule has 0 aromatic carbocycles. The van der Waals surface area contributed by atoms with Crippen molar-refractivity contribution >= 4 is 0 Å². The van der Waals surface area contributed by atoms with Gasteiger partial charge in [-0.05, 0) is 61.9 Å². The van der Waals surface area contributed by atoms with Gasteiger partial charge in [0.1, 0.15) is 0 Å². The van der Waals surface area contributed by atoms with E-state index < -0.39 is 0 Å².